The summed E-state index contributed by atoms with van der Waals surface area (Å²) in [7, 11) is 0. The summed E-state index contributed by atoms with van der Waals surface area (Å²) in [6.45, 7) is 3.55. The Hall–Kier alpha value is -3.48. The van der Waals surface area contributed by atoms with Gasteiger partial charge in [0.05, 0.1) is 6.04 Å². The van der Waals surface area contributed by atoms with Crippen LogP contribution in [0.5, 0.6) is 0 Å². The van der Waals surface area contributed by atoms with Crippen molar-refractivity contribution in [1.82, 2.24) is 16.0 Å². The molecule has 0 bridgehead atoms. The summed E-state index contributed by atoms with van der Waals surface area (Å²) >= 11 is 0. The van der Waals surface area contributed by atoms with E-state index in [1.165, 1.54) is 0 Å². The molecule has 0 saturated carbocycles. The Morgan fingerprint density at radius 3 is 2.09 bits per heavy atom. The molecule has 2 aromatic rings. The van der Waals surface area contributed by atoms with Crippen LogP contribution in [0.3, 0.4) is 0 Å². The van der Waals surface area contributed by atoms with Gasteiger partial charge in [-0.25, -0.2) is 0 Å². The third-order valence-corrected chi connectivity index (χ3v) is 5.05. The number of rotatable bonds is 12. The average molecular weight is 438 g/mol. The van der Waals surface area contributed by atoms with Gasteiger partial charge in [-0.05, 0) is 31.0 Å². The fourth-order valence-corrected chi connectivity index (χ4v) is 3.18. The Bertz CT molecular complexity index is 887. The van der Waals surface area contributed by atoms with Gasteiger partial charge in [0.1, 0.15) is 18.4 Å². The van der Waals surface area contributed by atoms with Gasteiger partial charge < -0.3 is 20.7 Å². The van der Waals surface area contributed by atoms with Gasteiger partial charge in [0.15, 0.2) is 0 Å². The van der Waals surface area contributed by atoms with Crippen LogP contribution in [0, 0.1) is 0 Å². The Balaban J connectivity index is 2.06. The molecule has 0 aliphatic rings. The van der Waals surface area contributed by atoms with Crippen molar-refractivity contribution in [2.45, 2.75) is 57.7 Å². The van der Waals surface area contributed by atoms with Crippen LogP contribution in [0.15, 0.2) is 60.7 Å². The van der Waals surface area contributed by atoms with Crippen molar-refractivity contribution < 1.29 is 19.2 Å². The summed E-state index contributed by atoms with van der Waals surface area (Å²) in [6.07, 6.45) is 3.26. The first kappa shape index (κ1) is 24.8. The van der Waals surface area contributed by atoms with Crippen LogP contribution in [0.4, 0.5) is 0 Å². The van der Waals surface area contributed by atoms with Crippen LogP contribution >= 0.6 is 0 Å². The Morgan fingerprint density at radius 2 is 1.50 bits per heavy atom. The van der Waals surface area contributed by atoms with E-state index in [-0.39, 0.29) is 12.3 Å². The third-order valence-electron chi connectivity index (χ3n) is 5.05. The second-order valence-corrected chi connectivity index (χ2v) is 7.71. The molecule has 2 rings (SSSR count). The van der Waals surface area contributed by atoms with E-state index in [0.717, 1.165) is 18.4 Å². The first-order chi connectivity index (χ1) is 15.4. The number of carbonyl (C=O) groups excluding carboxylic acids is 4. The maximum atomic E-state index is 13.0. The first-order valence-electron chi connectivity index (χ1n) is 10.9. The molecule has 0 spiro atoms. The third kappa shape index (κ3) is 7.98. The number of unbranched alkanes of at least 4 members (excludes halogenated alkanes) is 1. The van der Waals surface area contributed by atoms with E-state index in [2.05, 4.69) is 16.0 Å². The molecule has 3 amide bonds. The summed E-state index contributed by atoms with van der Waals surface area (Å²) < 4.78 is 0. The highest BCUT2D eigenvalue weighted by molar-refractivity contribution is 5.98. The highest BCUT2D eigenvalue weighted by atomic mass is 16.2. The largest absolute Gasteiger partial charge is 0.345 e. The standard InChI is InChI=1S/C25H31N3O4/c1-3-4-15-21(17-29)27-23(30)18(2)26-25(32)22(16-19-11-7-5-8-12-19)28-24(31)20-13-9-6-10-14-20/h5-14,17-18,21-22H,3-4,15-16H2,1-2H3,(H,26,32)(H,27,30)(H,28,31)/t18-,21-,22-/m0/s1. The molecule has 0 heterocycles. The van der Waals surface area contributed by atoms with Crippen molar-refractivity contribution in [2.24, 2.45) is 0 Å². The zero-order valence-electron chi connectivity index (χ0n) is 18.5. The Labute approximate surface area is 189 Å². The van der Waals surface area contributed by atoms with Gasteiger partial charge in [-0.2, -0.15) is 0 Å². The molecule has 170 valence electrons. The molecule has 0 unspecified atom stereocenters. The monoisotopic (exact) mass is 437 g/mol. The van der Waals surface area contributed by atoms with Crippen LogP contribution in [0.25, 0.3) is 0 Å². The molecule has 3 N–H and O–H groups in total. The summed E-state index contributed by atoms with van der Waals surface area (Å²) in [5.74, 6) is -1.30. The molecule has 0 saturated heterocycles. The summed E-state index contributed by atoms with van der Waals surface area (Å²) in [5.41, 5.74) is 1.31. The fourth-order valence-electron chi connectivity index (χ4n) is 3.18. The number of benzene rings is 2. The maximum absolute atomic E-state index is 13.0. The molecule has 7 heteroatoms. The smallest absolute Gasteiger partial charge is 0.251 e. The highest BCUT2D eigenvalue weighted by Gasteiger charge is 2.26. The topological polar surface area (TPSA) is 104 Å². The van der Waals surface area contributed by atoms with E-state index in [0.29, 0.717) is 18.3 Å². The molecule has 2 aromatic carbocycles. The van der Waals surface area contributed by atoms with Gasteiger partial charge in [0.2, 0.25) is 11.8 Å². The minimum Gasteiger partial charge on any atom is -0.345 e. The normalized spacial score (nSPS) is 13.3. The van der Waals surface area contributed by atoms with Crippen molar-refractivity contribution >= 4 is 24.0 Å². The quantitative estimate of drug-likeness (QED) is 0.444. The Morgan fingerprint density at radius 1 is 0.875 bits per heavy atom. The molecular formula is C25H31N3O4. The van der Waals surface area contributed by atoms with Gasteiger partial charge in [0.25, 0.3) is 5.91 Å². The predicted octanol–water partition coefficient (Wildman–Crippen LogP) is 2.41. The van der Waals surface area contributed by atoms with E-state index < -0.39 is 29.9 Å². The van der Waals surface area contributed by atoms with E-state index in [9.17, 15) is 19.2 Å². The van der Waals surface area contributed by atoms with Crippen molar-refractivity contribution in [3.63, 3.8) is 0 Å². The molecule has 0 fully saturated rings. The van der Waals surface area contributed by atoms with Gasteiger partial charge in [-0.1, -0.05) is 68.3 Å². The van der Waals surface area contributed by atoms with Crippen molar-refractivity contribution in [2.75, 3.05) is 0 Å². The SMILES string of the molecule is CCCC[C@@H](C=O)NC(=O)[C@H](C)NC(=O)[C@H](Cc1ccccc1)NC(=O)c1ccccc1. The molecule has 0 aromatic heterocycles. The van der Waals surface area contributed by atoms with Crippen LogP contribution < -0.4 is 16.0 Å². The van der Waals surface area contributed by atoms with Crippen LogP contribution in [0.2, 0.25) is 0 Å². The predicted molar refractivity (Wildman–Crippen MR) is 123 cm³/mol. The van der Waals surface area contributed by atoms with Gasteiger partial charge >= 0.3 is 0 Å². The zero-order valence-corrected chi connectivity index (χ0v) is 18.5. The van der Waals surface area contributed by atoms with Crippen LogP contribution in [0.1, 0.15) is 49.0 Å². The maximum Gasteiger partial charge on any atom is 0.251 e. The number of nitrogens with one attached hydrogen (secondary N) is 3. The molecule has 0 radical (unpaired) electrons. The summed E-state index contributed by atoms with van der Waals surface area (Å²) in [6, 6.07) is 15.6. The molecule has 32 heavy (non-hydrogen) atoms. The van der Waals surface area contributed by atoms with E-state index in [4.69, 9.17) is 0 Å². The Kier molecular flexibility index (Phi) is 10.1. The van der Waals surface area contributed by atoms with E-state index >= 15 is 0 Å². The number of amides is 3. The average Bonchev–Trinajstić information content (AvgIpc) is 2.82. The second-order valence-electron chi connectivity index (χ2n) is 7.71. The number of hydrogen-bond acceptors (Lipinski definition) is 4. The molecule has 0 aliphatic carbocycles. The molecular weight excluding hydrogens is 406 g/mol. The lowest BCUT2D eigenvalue weighted by molar-refractivity contribution is -0.130. The van der Waals surface area contributed by atoms with Crippen LogP contribution in [-0.4, -0.2) is 42.1 Å². The van der Waals surface area contributed by atoms with E-state index in [1.54, 1.807) is 37.3 Å². The fraction of sp³-hybridized carbons (Fsp3) is 0.360. The van der Waals surface area contributed by atoms with Gasteiger partial charge in [0, 0.05) is 12.0 Å². The highest BCUT2D eigenvalue weighted by Crippen LogP contribution is 2.06. The summed E-state index contributed by atoms with van der Waals surface area (Å²) in [5, 5.41) is 8.08. The lowest BCUT2D eigenvalue weighted by atomic mass is 10.0. The summed E-state index contributed by atoms with van der Waals surface area (Å²) in [4.78, 5) is 49.3. The molecule has 7 nitrogen and oxygen atoms in total. The first-order valence-corrected chi connectivity index (χ1v) is 10.9. The molecule has 3 atom stereocenters. The number of aldehydes is 1. The second kappa shape index (κ2) is 13.0. The van der Waals surface area contributed by atoms with Crippen molar-refractivity contribution in [3.8, 4) is 0 Å². The zero-order chi connectivity index (χ0) is 23.3. The minimum atomic E-state index is -0.873. The molecule has 0 aliphatic heterocycles. The number of hydrogen-bond donors (Lipinski definition) is 3. The van der Waals surface area contributed by atoms with Gasteiger partial charge in [-0.15, -0.1) is 0 Å². The number of carbonyl (C=O) groups is 4. The van der Waals surface area contributed by atoms with Crippen molar-refractivity contribution in [1.29, 1.82) is 0 Å². The van der Waals surface area contributed by atoms with Crippen LogP contribution in [-0.2, 0) is 20.8 Å². The van der Waals surface area contributed by atoms with Crippen molar-refractivity contribution in [3.05, 3.63) is 71.8 Å². The van der Waals surface area contributed by atoms with E-state index in [1.807, 2.05) is 37.3 Å². The lowest BCUT2D eigenvalue weighted by Gasteiger charge is -2.22. The minimum absolute atomic E-state index is 0.271. The van der Waals surface area contributed by atoms with Gasteiger partial charge in [-0.3, -0.25) is 14.4 Å². The lowest BCUT2D eigenvalue weighted by Crippen LogP contribution is -2.54.